The van der Waals surface area contributed by atoms with Crippen molar-refractivity contribution in [1.29, 1.82) is 0 Å². The molecule has 0 saturated heterocycles. The number of hydrogen-bond donors (Lipinski definition) is 0. The zero-order valence-electron chi connectivity index (χ0n) is 25.2. The molecule has 0 fully saturated rings. The van der Waals surface area contributed by atoms with E-state index in [1.54, 1.807) is 4.90 Å². The second-order valence-electron chi connectivity index (χ2n) is 12.0. The summed E-state index contributed by atoms with van der Waals surface area (Å²) < 4.78 is 17.4. The topological polar surface area (TPSA) is 65.1 Å². The van der Waals surface area contributed by atoms with Crippen LogP contribution < -0.4 is 4.74 Å². The Morgan fingerprint density at radius 2 is 1.69 bits per heavy atom. The van der Waals surface area contributed by atoms with Crippen LogP contribution in [-0.4, -0.2) is 42.3 Å². The van der Waals surface area contributed by atoms with Gasteiger partial charge in [0, 0.05) is 11.5 Å². The number of amides is 1. The predicted octanol–water partition coefficient (Wildman–Crippen LogP) is 8.22. The molecule has 0 aromatic heterocycles. The number of ether oxygens (including phenoxy) is 3. The van der Waals surface area contributed by atoms with Crippen LogP contribution in [0, 0.1) is 6.92 Å². The third kappa shape index (κ3) is 6.13. The van der Waals surface area contributed by atoms with Gasteiger partial charge in [-0.15, -0.1) is 0 Å². The summed E-state index contributed by atoms with van der Waals surface area (Å²) in [4.78, 5) is 27.8. The average Bonchev–Trinajstić information content (AvgIpc) is 2.97. The molecular formula is C36H39NO5. The monoisotopic (exact) mass is 565 g/mol. The molecule has 0 bridgehead atoms. The molecule has 1 aliphatic heterocycles. The summed E-state index contributed by atoms with van der Waals surface area (Å²) in [6.45, 7) is 9.98. The molecule has 0 N–H and O–H groups in total. The Morgan fingerprint density at radius 3 is 2.43 bits per heavy atom. The normalized spacial score (nSPS) is 17.1. The van der Waals surface area contributed by atoms with Crippen molar-refractivity contribution >= 4 is 22.8 Å². The molecule has 6 heteroatoms. The van der Waals surface area contributed by atoms with E-state index in [9.17, 15) is 9.59 Å². The van der Waals surface area contributed by atoms with Crippen molar-refractivity contribution in [2.45, 2.75) is 64.7 Å². The summed E-state index contributed by atoms with van der Waals surface area (Å²) in [7, 11) is 1.39. The second kappa shape index (κ2) is 11.9. The number of aryl methyl sites for hydroxylation is 1. The molecule has 3 unspecified atom stereocenters. The van der Waals surface area contributed by atoms with Gasteiger partial charge in [-0.1, -0.05) is 72.8 Å². The summed E-state index contributed by atoms with van der Waals surface area (Å²) >= 11 is 0. The van der Waals surface area contributed by atoms with Gasteiger partial charge in [0.25, 0.3) is 0 Å². The lowest BCUT2D eigenvalue weighted by Crippen LogP contribution is -2.45. The molecule has 5 rings (SSSR count). The number of methoxy groups -OCH3 is 1. The smallest absolute Gasteiger partial charge is 0.410 e. The zero-order valence-corrected chi connectivity index (χ0v) is 25.2. The molecule has 0 saturated carbocycles. The molecule has 4 aromatic carbocycles. The van der Waals surface area contributed by atoms with E-state index in [1.807, 2.05) is 76.2 Å². The standard InChI is InChI=1S/C36H39NO5/c1-23-20-26(18-19-28(23)34(38)40-6)32-21-27(41-33-17-10-9-15-31(32)33)22-37(35(39)42-36(3,4)5)24(2)29-16-11-13-25-12-7-8-14-30(25)29/h7-20,24,27,32H,21-22H2,1-6H3. The van der Waals surface area contributed by atoms with Crippen molar-refractivity contribution in [2.75, 3.05) is 13.7 Å². The number of benzene rings is 4. The van der Waals surface area contributed by atoms with Crippen molar-refractivity contribution in [3.05, 3.63) is 113 Å². The molecule has 0 aliphatic carbocycles. The summed E-state index contributed by atoms with van der Waals surface area (Å²) in [5, 5.41) is 2.23. The van der Waals surface area contributed by atoms with Gasteiger partial charge in [-0.3, -0.25) is 4.90 Å². The fourth-order valence-electron chi connectivity index (χ4n) is 5.88. The van der Waals surface area contributed by atoms with Crippen LogP contribution >= 0.6 is 0 Å². The predicted molar refractivity (Wildman–Crippen MR) is 165 cm³/mol. The van der Waals surface area contributed by atoms with Gasteiger partial charge in [0.15, 0.2) is 0 Å². The Morgan fingerprint density at radius 1 is 0.976 bits per heavy atom. The lowest BCUT2D eigenvalue weighted by molar-refractivity contribution is 0.00570. The van der Waals surface area contributed by atoms with E-state index >= 15 is 0 Å². The van der Waals surface area contributed by atoms with Gasteiger partial charge in [0.2, 0.25) is 0 Å². The Balaban J connectivity index is 1.50. The first-order chi connectivity index (χ1) is 20.1. The number of carbonyl (C=O) groups excluding carboxylic acids is 2. The van der Waals surface area contributed by atoms with Crippen LogP contribution in [-0.2, 0) is 9.47 Å². The largest absolute Gasteiger partial charge is 0.488 e. The number of rotatable bonds is 6. The molecule has 4 aromatic rings. The molecular weight excluding hydrogens is 526 g/mol. The van der Waals surface area contributed by atoms with Gasteiger partial charge in [0.05, 0.1) is 25.3 Å². The summed E-state index contributed by atoms with van der Waals surface area (Å²) in [6.07, 6.45) is 0.00548. The highest BCUT2D eigenvalue weighted by Gasteiger charge is 2.35. The molecule has 3 atom stereocenters. The van der Waals surface area contributed by atoms with Crippen molar-refractivity contribution in [3.8, 4) is 5.75 Å². The van der Waals surface area contributed by atoms with Crippen LogP contribution in [0.4, 0.5) is 4.79 Å². The van der Waals surface area contributed by atoms with Gasteiger partial charge in [0.1, 0.15) is 17.5 Å². The fourth-order valence-corrected chi connectivity index (χ4v) is 5.88. The zero-order chi connectivity index (χ0) is 30.0. The lowest BCUT2D eigenvalue weighted by Gasteiger charge is -2.38. The van der Waals surface area contributed by atoms with Crippen LogP contribution in [0.15, 0.2) is 84.9 Å². The van der Waals surface area contributed by atoms with E-state index < -0.39 is 5.60 Å². The molecule has 42 heavy (non-hydrogen) atoms. The fraction of sp³-hybridized carbons (Fsp3) is 0.333. The third-order valence-corrected chi connectivity index (χ3v) is 7.91. The van der Waals surface area contributed by atoms with Crippen molar-refractivity contribution in [3.63, 3.8) is 0 Å². The molecule has 1 amide bonds. The minimum Gasteiger partial charge on any atom is -0.488 e. The molecule has 6 nitrogen and oxygen atoms in total. The van der Waals surface area contributed by atoms with E-state index in [1.165, 1.54) is 7.11 Å². The SMILES string of the molecule is COC(=O)c1ccc(C2CC(CN(C(=O)OC(C)(C)C)C(C)c3cccc4ccccc34)Oc3ccccc32)cc1C. The molecule has 0 radical (unpaired) electrons. The molecule has 1 aliphatic rings. The Bertz CT molecular complexity index is 1600. The molecule has 218 valence electrons. The van der Waals surface area contributed by atoms with Crippen LogP contribution in [0.1, 0.15) is 78.7 Å². The lowest BCUT2D eigenvalue weighted by atomic mass is 9.83. The van der Waals surface area contributed by atoms with Crippen LogP contribution in [0.2, 0.25) is 0 Å². The number of esters is 1. The van der Waals surface area contributed by atoms with Crippen LogP contribution in [0.25, 0.3) is 10.8 Å². The van der Waals surface area contributed by atoms with E-state index in [-0.39, 0.29) is 30.1 Å². The maximum Gasteiger partial charge on any atom is 0.410 e. The minimum absolute atomic E-state index is 0.0266. The summed E-state index contributed by atoms with van der Waals surface area (Å²) in [5.74, 6) is 0.480. The van der Waals surface area contributed by atoms with E-state index in [0.717, 1.165) is 38.8 Å². The maximum absolute atomic E-state index is 13.8. The number of nitrogens with zero attached hydrogens (tertiary/aromatic N) is 1. The van der Waals surface area contributed by atoms with E-state index in [0.29, 0.717) is 18.5 Å². The quantitative estimate of drug-likeness (QED) is 0.220. The number of carbonyl (C=O) groups is 2. The van der Waals surface area contributed by atoms with Crippen molar-refractivity contribution < 1.29 is 23.8 Å². The second-order valence-corrected chi connectivity index (χ2v) is 12.0. The first-order valence-electron chi connectivity index (χ1n) is 14.5. The molecule has 0 spiro atoms. The Kier molecular flexibility index (Phi) is 8.26. The highest BCUT2D eigenvalue weighted by atomic mass is 16.6. The van der Waals surface area contributed by atoms with Gasteiger partial charge < -0.3 is 14.2 Å². The highest BCUT2D eigenvalue weighted by Crippen LogP contribution is 2.42. The number of fused-ring (bicyclic) bond motifs is 2. The maximum atomic E-state index is 13.8. The van der Waals surface area contributed by atoms with E-state index in [4.69, 9.17) is 14.2 Å². The van der Waals surface area contributed by atoms with Gasteiger partial charge in [-0.25, -0.2) is 9.59 Å². The molecule has 1 heterocycles. The van der Waals surface area contributed by atoms with Gasteiger partial charge in [-0.2, -0.15) is 0 Å². The highest BCUT2D eigenvalue weighted by molar-refractivity contribution is 5.91. The van der Waals surface area contributed by atoms with Gasteiger partial charge >= 0.3 is 12.1 Å². The van der Waals surface area contributed by atoms with E-state index in [2.05, 4.69) is 43.3 Å². The first kappa shape index (κ1) is 29.2. The summed E-state index contributed by atoms with van der Waals surface area (Å²) in [5.41, 5.74) is 4.00. The Labute approximate surface area is 248 Å². The average molecular weight is 566 g/mol. The number of para-hydroxylation sites is 1. The van der Waals surface area contributed by atoms with Crippen LogP contribution in [0.5, 0.6) is 5.75 Å². The van der Waals surface area contributed by atoms with Crippen molar-refractivity contribution in [2.24, 2.45) is 0 Å². The summed E-state index contributed by atoms with van der Waals surface area (Å²) in [6, 6.07) is 28.1. The van der Waals surface area contributed by atoms with Crippen LogP contribution in [0.3, 0.4) is 0 Å². The Hall–Kier alpha value is -4.32. The van der Waals surface area contributed by atoms with Crippen molar-refractivity contribution in [1.82, 2.24) is 4.90 Å². The minimum atomic E-state index is -0.644. The number of hydrogen-bond acceptors (Lipinski definition) is 5. The third-order valence-electron chi connectivity index (χ3n) is 7.91. The van der Waals surface area contributed by atoms with Gasteiger partial charge in [-0.05, 0) is 80.6 Å². The first-order valence-corrected chi connectivity index (χ1v) is 14.5.